The van der Waals surface area contributed by atoms with Crippen LogP contribution >= 0.6 is 0 Å². The lowest BCUT2D eigenvalue weighted by Crippen LogP contribution is -2.14. The normalized spacial score (nSPS) is 11.7. The maximum atomic E-state index is 12.3. The molecule has 88 heavy (non-hydrogen) atoms. The number of fused-ring (bicyclic) bond motifs is 8. The van der Waals surface area contributed by atoms with Crippen molar-refractivity contribution >= 4 is 58.3 Å². The largest absolute Gasteiger partial charge is 0.494 e. The Morgan fingerprint density at radius 2 is 0.568 bits per heavy atom. The first-order valence-electron chi connectivity index (χ1n) is 32.7. The first kappa shape index (κ1) is 64.1. The second-order valence-electron chi connectivity index (χ2n) is 22.8. The molecule has 3 aromatic heterocycles. The third kappa shape index (κ3) is 18.3. The molecular formula is C76H90N4O8. The summed E-state index contributed by atoms with van der Waals surface area (Å²) in [7, 11) is 0. The van der Waals surface area contributed by atoms with E-state index in [-0.39, 0.29) is 26.4 Å². The topological polar surface area (TPSA) is 147 Å². The van der Waals surface area contributed by atoms with Crippen LogP contribution in [0.5, 0.6) is 23.0 Å². The summed E-state index contributed by atoms with van der Waals surface area (Å²) in [5.74, 6) is 1.88. The van der Waals surface area contributed by atoms with Crippen LogP contribution in [0.15, 0.2) is 121 Å². The zero-order chi connectivity index (χ0) is 61.1. The number of rotatable bonds is 36. The summed E-state index contributed by atoms with van der Waals surface area (Å²) < 4.78 is 34.7. The van der Waals surface area contributed by atoms with Gasteiger partial charge < -0.3 is 38.4 Å². The molecule has 9 rings (SSSR count). The van der Waals surface area contributed by atoms with Crippen molar-refractivity contribution in [3.8, 4) is 67.5 Å². The van der Waals surface area contributed by atoms with Gasteiger partial charge >= 0.3 is 11.9 Å². The molecule has 462 valence electrons. The number of hydrogen-bond donors (Lipinski definition) is 2. The number of ether oxygens (including phenoxy) is 6. The van der Waals surface area contributed by atoms with Gasteiger partial charge in [0.15, 0.2) is 13.2 Å². The molecule has 0 atom stereocenters. The van der Waals surface area contributed by atoms with Gasteiger partial charge in [-0.3, -0.25) is 0 Å². The number of carbonyl (C=O) groups is 2. The smallest absolute Gasteiger partial charge is 0.344 e. The molecule has 12 heteroatoms. The Kier molecular flexibility index (Phi) is 24.9. The summed E-state index contributed by atoms with van der Waals surface area (Å²) in [6.45, 7) is 9.61. The number of carbonyl (C=O) groups excluding carboxylic acids is 2. The van der Waals surface area contributed by atoms with Gasteiger partial charge in [0.2, 0.25) is 0 Å². The number of nitrogens with zero attached hydrogens (tertiary/aromatic N) is 2. The molecule has 8 bridgehead atoms. The zero-order valence-electron chi connectivity index (χ0n) is 52.4. The fourth-order valence-electron chi connectivity index (χ4n) is 11.5. The van der Waals surface area contributed by atoms with Crippen LogP contribution in [-0.2, 0) is 19.1 Å². The van der Waals surface area contributed by atoms with Crippen molar-refractivity contribution in [1.29, 1.82) is 0 Å². The SMILES string of the molecule is CCCCCCCCCCCCOc1ccc(-c2c3nc(c(-c4ccc(OCCCCCCCCCCCC)cc4)c4ccc([nH]4)c(-c4ccc(OCC(=O)OCC)cc4)c4nc(c(-c5ccc(OCC(=O)OCC)cc5)c5ccc2[nH]5)C=C4)C=C3)cc1. The summed E-state index contributed by atoms with van der Waals surface area (Å²) in [6, 6.07) is 40.6. The van der Waals surface area contributed by atoms with Gasteiger partial charge in [0, 0.05) is 44.3 Å². The van der Waals surface area contributed by atoms with Gasteiger partial charge in [-0.1, -0.05) is 178 Å². The highest BCUT2D eigenvalue weighted by atomic mass is 16.6. The first-order chi connectivity index (χ1) is 43.3. The molecule has 0 fully saturated rings. The highest BCUT2D eigenvalue weighted by molar-refractivity contribution is 6.00. The Morgan fingerprint density at radius 1 is 0.318 bits per heavy atom. The lowest BCUT2D eigenvalue weighted by Gasteiger charge is -2.10. The molecule has 2 N–H and O–H groups in total. The van der Waals surface area contributed by atoms with E-state index in [4.69, 9.17) is 38.4 Å². The fourth-order valence-corrected chi connectivity index (χ4v) is 11.5. The van der Waals surface area contributed by atoms with Gasteiger partial charge in [0.25, 0.3) is 0 Å². The fraction of sp³-hybridized carbons (Fsp3) is 0.395. The average Bonchev–Trinajstić information content (AvgIpc) is 2.79. The maximum absolute atomic E-state index is 12.3. The Hall–Kier alpha value is -8.38. The highest BCUT2D eigenvalue weighted by Gasteiger charge is 2.20. The van der Waals surface area contributed by atoms with Crippen molar-refractivity contribution in [3.05, 3.63) is 144 Å². The summed E-state index contributed by atoms with van der Waals surface area (Å²) in [5.41, 5.74) is 13.8. The van der Waals surface area contributed by atoms with Crippen LogP contribution in [-0.4, -0.2) is 71.5 Å². The number of hydrogen-bond acceptors (Lipinski definition) is 10. The summed E-state index contributed by atoms with van der Waals surface area (Å²) in [5, 5.41) is 0. The Labute approximate surface area is 521 Å². The minimum Gasteiger partial charge on any atom is -0.494 e. The lowest BCUT2D eigenvalue weighted by molar-refractivity contribution is -0.146. The second-order valence-corrected chi connectivity index (χ2v) is 22.8. The molecule has 7 aromatic rings. The monoisotopic (exact) mass is 1190 g/mol. The molecule has 0 radical (unpaired) electrons. The quantitative estimate of drug-likeness (QED) is 0.0287. The zero-order valence-corrected chi connectivity index (χ0v) is 52.4. The number of nitrogens with one attached hydrogen (secondary N) is 2. The van der Waals surface area contributed by atoms with Crippen LogP contribution in [0, 0.1) is 0 Å². The number of unbranched alkanes of at least 4 members (excludes halogenated alkanes) is 18. The molecule has 4 aromatic carbocycles. The lowest BCUT2D eigenvalue weighted by atomic mass is 10.0. The molecule has 0 aliphatic carbocycles. The summed E-state index contributed by atoms with van der Waals surface area (Å²) in [6.07, 6.45) is 33.8. The van der Waals surface area contributed by atoms with E-state index in [0.29, 0.717) is 24.7 Å². The van der Waals surface area contributed by atoms with Crippen LogP contribution in [0.25, 0.3) is 90.9 Å². The van der Waals surface area contributed by atoms with E-state index < -0.39 is 11.9 Å². The molecule has 0 saturated carbocycles. The van der Waals surface area contributed by atoms with Gasteiger partial charge in [0.05, 0.1) is 49.2 Å². The molecule has 0 unspecified atom stereocenters. The predicted molar refractivity (Wildman–Crippen MR) is 360 cm³/mol. The Morgan fingerprint density at radius 3 is 0.830 bits per heavy atom. The molecular weight excluding hydrogens is 1100 g/mol. The van der Waals surface area contributed by atoms with Gasteiger partial charge in [0.1, 0.15) is 23.0 Å². The van der Waals surface area contributed by atoms with E-state index in [1.807, 2.05) is 48.5 Å². The van der Waals surface area contributed by atoms with Crippen LogP contribution in [0.3, 0.4) is 0 Å². The molecule has 2 aliphatic rings. The van der Waals surface area contributed by atoms with Crippen LogP contribution < -0.4 is 18.9 Å². The van der Waals surface area contributed by atoms with Gasteiger partial charge in [-0.25, -0.2) is 19.6 Å². The third-order valence-corrected chi connectivity index (χ3v) is 16.2. The maximum Gasteiger partial charge on any atom is 0.344 e. The van der Waals surface area contributed by atoms with E-state index >= 15 is 0 Å². The number of H-pyrrole nitrogens is 2. The van der Waals surface area contributed by atoms with Crippen molar-refractivity contribution in [2.75, 3.05) is 39.6 Å². The summed E-state index contributed by atoms with van der Waals surface area (Å²) >= 11 is 0. The Bertz CT molecular complexity index is 3330. The van der Waals surface area contributed by atoms with Crippen LogP contribution in [0.4, 0.5) is 0 Å². The van der Waals surface area contributed by atoms with E-state index in [9.17, 15) is 9.59 Å². The molecule has 0 amide bonds. The second kappa shape index (κ2) is 34.2. The van der Waals surface area contributed by atoms with Gasteiger partial charge in [-0.15, -0.1) is 0 Å². The molecule has 2 aliphatic heterocycles. The molecule has 12 nitrogen and oxygen atoms in total. The van der Waals surface area contributed by atoms with Crippen LogP contribution in [0.2, 0.25) is 0 Å². The van der Waals surface area contributed by atoms with E-state index in [2.05, 4.69) is 121 Å². The van der Waals surface area contributed by atoms with Crippen molar-refractivity contribution in [2.45, 2.75) is 156 Å². The minimum atomic E-state index is -0.431. The van der Waals surface area contributed by atoms with Gasteiger partial charge in [-0.05, 0) is 146 Å². The van der Waals surface area contributed by atoms with E-state index in [0.717, 1.165) is 114 Å². The van der Waals surface area contributed by atoms with Crippen molar-refractivity contribution in [2.24, 2.45) is 0 Å². The number of aromatic nitrogens is 4. The Balaban J connectivity index is 1.12. The minimum absolute atomic E-state index is 0.197. The number of benzene rings is 4. The third-order valence-electron chi connectivity index (χ3n) is 16.2. The first-order valence-corrected chi connectivity index (χ1v) is 32.7. The van der Waals surface area contributed by atoms with E-state index in [1.165, 1.54) is 116 Å². The average molecular weight is 1190 g/mol. The molecule has 5 heterocycles. The summed E-state index contributed by atoms with van der Waals surface area (Å²) in [4.78, 5) is 43.3. The number of esters is 2. The van der Waals surface area contributed by atoms with Gasteiger partial charge in [-0.2, -0.15) is 0 Å². The van der Waals surface area contributed by atoms with Crippen LogP contribution in [0.1, 0.15) is 179 Å². The number of aromatic amines is 2. The van der Waals surface area contributed by atoms with E-state index in [1.54, 1.807) is 13.8 Å². The standard InChI is InChI=1S/C76H90N4O8/c1-5-9-11-13-15-17-19-21-23-25-51-85-59-35-27-55(28-36-59)73-63-43-44-64(77-63)74(56-29-37-60(38-30-56)86-52-26-24-22-20-18-16-14-12-10-6-2)66-46-48-68(79-66)76(58-33-41-62(42-34-58)88-54-72(82)84-8-4)70-50-49-69(80-70)75(67-47-45-65(73)78-67)57-31-39-61(40-32-57)87-53-71(81)83-7-3/h27-50,78-79H,5-26,51-54H2,1-4H3. The van der Waals surface area contributed by atoms with Crippen molar-refractivity contribution < 1.29 is 38.0 Å². The predicted octanol–water partition coefficient (Wildman–Crippen LogP) is 19.8. The van der Waals surface area contributed by atoms with Crippen molar-refractivity contribution in [1.82, 2.24) is 19.9 Å². The molecule has 0 saturated heterocycles. The highest BCUT2D eigenvalue weighted by Crippen LogP contribution is 2.40. The van der Waals surface area contributed by atoms with Crippen molar-refractivity contribution in [3.63, 3.8) is 0 Å². The molecule has 0 spiro atoms.